The van der Waals surface area contributed by atoms with Gasteiger partial charge in [0.05, 0.1) is 12.0 Å². The van der Waals surface area contributed by atoms with Crippen LogP contribution in [0, 0.1) is 5.41 Å². The molecule has 96 valence electrons. The lowest BCUT2D eigenvalue weighted by Crippen LogP contribution is -2.52. The second-order valence-electron chi connectivity index (χ2n) is 4.95. The Morgan fingerprint density at radius 2 is 1.76 bits per heavy atom. The second kappa shape index (κ2) is 4.62. The van der Waals surface area contributed by atoms with Crippen LogP contribution in [-0.2, 0) is 9.59 Å². The van der Waals surface area contributed by atoms with E-state index in [2.05, 4.69) is 0 Å². The molecule has 0 spiro atoms. The van der Waals surface area contributed by atoms with Crippen molar-refractivity contribution in [2.24, 2.45) is 11.1 Å². The van der Waals surface area contributed by atoms with Crippen molar-refractivity contribution in [3.8, 4) is 0 Å². The van der Waals surface area contributed by atoms with E-state index >= 15 is 0 Å². The molecule has 6 nitrogen and oxygen atoms in total. The number of hydrogen-bond donors (Lipinski definition) is 2. The Kier molecular flexibility index (Phi) is 3.35. The summed E-state index contributed by atoms with van der Waals surface area (Å²) in [5, 5.41) is 8.68. The van der Waals surface area contributed by atoms with E-state index in [0.29, 0.717) is 32.7 Å². The Morgan fingerprint density at radius 1 is 1.18 bits per heavy atom. The minimum atomic E-state index is -0.814. The Morgan fingerprint density at radius 3 is 2.18 bits per heavy atom. The van der Waals surface area contributed by atoms with Gasteiger partial charge in [0.25, 0.3) is 0 Å². The van der Waals surface area contributed by atoms with Gasteiger partial charge >= 0.3 is 5.97 Å². The van der Waals surface area contributed by atoms with E-state index in [4.69, 9.17) is 10.8 Å². The Bertz CT molecular complexity index is 320. The lowest BCUT2D eigenvalue weighted by atomic mass is 10.1. The molecule has 0 radical (unpaired) electrons. The van der Waals surface area contributed by atoms with Crippen molar-refractivity contribution in [2.75, 3.05) is 39.3 Å². The number of carbonyl (C=O) groups is 2. The fourth-order valence-corrected chi connectivity index (χ4v) is 2.29. The van der Waals surface area contributed by atoms with E-state index in [1.807, 2.05) is 9.80 Å². The van der Waals surface area contributed by atoms with Crippen LogP contribution >= 0.6 is 0 Å². The van der Waals surface area contributed by atoms with Gasteiger partial charge in [0, 0.05) is 32.7 Å². The zero-order valence-corrected chi connectivity index (χ0v) is 9.89. The van der Waals surface area contributed by atoms with Crippen molar-refractivity contribution >= 4 is 11.9 Å². The lowest BCUT2D eigenvalue weighted by Gasteiger charge is -2.35. The fourth-order valence-electron chi connectivity index (χ4n) is 2.29. The SMILES string of the molecule is NCC1(C(=O)N2CCN(CC(=O)O)CC2)CC1. The first-order valence-corrected chi connectivity index (χ1v) is 6.01. The van der Waals surface area contributed by atoms with Crippen molar-refractivity contribution in [3.05, 3.63) is 0 Å². The molecule has 2 rings (SSSR count). The van der Waals surface area contributed by atoms with Gasteiger partial charge in [0.15, 0.2) is 0 Å². The first-order chi connectivity index (χ1) is 8.07. The molecular formula is C11H19N3O3. The van der Waals surface area contributed by atoms with E-state index < -0.39 is 5.97 Å². The van der Waals surface area contributed by atoms with Crippen LogP contribution in [0.3, 0.4) is 0 Å². The van der Waals surface area contributed by atoms with Crippen LogP contribution in [0.25, 0.3) is 0 Å². The zero-order chi connectivity index (χ0) is 12.5. The summed E-state index contributed by atoms with van der Waals surface area (Å²) in [5.74, 6) is -0.652. The highest BCUT2D eigenvalue weighted by Crippen LogP contribution is 2.46. The molecule has 1 saturated heterocycles. The molecule has 2 fully saturated rings. The first-order valence-electron chi connectivity index (χ1n) is 6.01. The Hall–Kier alpha value is -1.14. The first kappa shape index (κ1) is 12.3. The Labute approximate surface area is 100 Å². The van der Waals surface area contributed by atoms with Crippen molar-refractivity contribution in [2.45, 2.75) is 12.8 Å². The highest BCUT2D eigenvalue weighted by molar-refractivity contribution is 5.85. The molecule has 1 aliphatic carbocycles. The quantitative estimate of drug-likeness (QED) is 0.656. The summed E-state index contributed by atoms with van der Waals surface area (Å²) in [4.78, 5) is 26.4. The number of carbonyl (C=O) groups excluding carboxylic acids is 1. The molecule has 17 heavy (non-hydrogen) atoms. The minimum Gasteiger partial charge on any atom is -0.480 e. The number of amides is 1. The van der Waals surface area contributed by atoms with Crippen LogP contribution in [0.15, 0.2) is 0 Å². The number of carboxylic acid groups (broad SMARTS) is 1. The van der Waals surface area contributed by atoms with Gasteiger partial charge in [-0.1, -0.05) is 0 Å². The van der Waals surface area contributed by atoms with Gasteiger partial charge in [-0.2, -0.15) is 0 Å². The van der Waals surface area contributed by atoms with Crippen LogP contribution in [0.4, 0.5) is 0 Å². The summed E-state index contributed by atoms with van der Waals surface area (Å²) < 4.78 is 0. The summed E-state index contributed by atoms with van der Waals surface area (Å²) in [7, 11) is 0. The second-order valence-corrected chi connectivity index (χ2v) is 4.95. The molecule has 0 aromatic carbocycles. The van der Waals surface area contributed by atoms with Gasteiger partial charge in [-0.05, 0) is 12.8 Å². The summed E-state index contributed by atoms with van der Waals surface area (Å²) in [5.41, 5.74) is 5.35. The Balaban J connectivity index is 1.83. The van der Waals surface area contributed by atoms with Crippen LogP contribution in [0.1, 0.15) is 12.8 Å². The maximum atomic E-state index is 12.2. The molecule has 0 aromatic heterocycles. The summed E-state index contributed by atoms with van der Waals surface area (Å²) in [6.45, 7) is 3.00. The van der Waals surface area contributed by atoms with Crippen molar-refractivity contribution < 1.29 is 14.7 Å². The average molecular weight is 241 g/mol. The van der Waals surface area contributed by atoms with Crippen molar-refractivity contribution in [3.63, 3.8) is 0 Å². The lowest BCUT2D eigenvalue weighted by molar-refractivity contribution is -0.141. The minimum absolute atomic E-state index is 0.0596. The third-order valence-electron chi connectivity index (χ3n) is 3.72. The number of nitrogens with zero attached hydrogens (tertiary/aromatic N) is 2. The molecule has 0 atom stereocenters. The molecule has 3 N–H and O–H groups in total. The topological polar surface area (TPSA) is 86.9 Å². The van der Waals surface area contributed by atoms with Crippen molar-refractivity contribution in [1.82, 2.24) is 9.80 Å². The summed E-state index contributed by atoms with van der Waals surface area (Å²) >= 11 is 0. The van der Waals surface area contributed by atoms with Crippen LogP contribution in [0.2, 0.25) is 0 Å². The number of rotatable bonds is 4. The predicted molar refractivity (Wildman–Crippen MR) is 61.4 cm³/mol. The third-order valence-corrected chi connectivity index (χ3v) is 3.72. The van der Waals surface area contributed by atoms with Gasteiger partial charge in [0.1, 0.15) is 0 Å². The smallest absolute Gasteiger partial charge is 0.317 e. The highest BCUT2D eigenvalue weighted by Gasteiger charge is 2.50. The molecule has 1 saturated carbocycles. The van der Waals surface area contributed by atoms with E-state index in [0.717, 1.165) is 12.8 Å². The van der Waals surface area contributed by atoms with Crippen LogP contribution in [-0.4, -0.2) is 66.1 Å². The van der Waals surface area contributed by atoms with E-state index in [9.17, 15) is 9.59 Å². The van der Waals surface area contributed by atoms with E-state index in [-0.39, 0.29) is 17.9 Å². The molecule has 0 unspecified atom stereocenters. The molecule has 1 aliphatic heterocycles. The maximum absolute atomic E-state index is 12.2. The van der Waals surface area contributed by atoms with Gasteiger partial charge in [0.2, 0.25) is 5.91 Å². The number of carboxylic acids is 1. The van der Waals surface area contributed by atoms with Gasteiger partial charge < -0.3 is 15.7 Å². The largest absolute Gasteiger partial charge is 0.480 e. The molecule has 1 heterocycles. The maximum Gasteiger partial charge on any atom is 0.317 e. The zero-order valence-electron chi connectivity index (χ0n) is 9.89. The normalized spacial score (nSPS) is 23.5. The van der Waals surface area contributed by atoms with Gasteiger partial charge in [-0.25, -0.2) is 0 Å². The summed E-state index contributed by atoms with van der Waals surface area (Å²) in [6, 6.07) is 0. The van der Waals surface area contributed by atoms with Crippen LogP contribution in [0.5, 0.6) is 0 Å². The average Bonchev–Trinajstić information content (AvgIpc) is 3.09. The van der Waals surface area contributed by atoms with Crippen LogP contribution < -0.4 is 5.73 Å². The molecule has 0 aromatic rings. The standard InChI is InChI=1S/C11H19N3O3/c12-8-11(1-2-11)10(17)14-5-3-13(4-6-14)7-9(15)16/h1-8,12H2,(H,15,16). The van der Waals surface area contributed by atoms with Gasteiger partial charge in [-0.15, -0.1) is 0 Å². The third kappa shape index (κ3) is 2.58. The van der Waals surface area contributed by atoms with Gasteiger partial charge in [-0.3, -0.25) is 14.5 Å². The number of aliphatic carboxylic acids is 1. The molecule has 2 aliphatic rings. The molecule has 0 bridgehead atoms. The molecule has 6 heteroatoms. The number of hydrogen-bond acceptors (Lipinski definition) is 4. The highest BCUT2D eigenvalue weighted by atomic mass is 16.4. The summed E-state index contributed by atoms with van der Waals surface area (Å²) in [6.07, 6.45) is 1.80. The molecule has 1 amide bonds. The predicted octanol–water partition coefficient (Wildman–Crippen LogP) is -1.05. The number of nitrogens with two attached hydrogens (primary N) is 1. The van der Waals surface area contributed by atoms with Crippen molar-refractivity contribution in [1.29, 1.82) is 0 Å². The molecular weight excluding hydrogens is 222 g/mol. The van der Waals surface area contributed by atoms with E-state index in [1.54, 1.807) is 0 Å². The monoisotopic (exact) mass is 241 g/mol. The fraction of sp³-hybridized carbons (Fsp3) is 0.818. The number of piperazine rings is 1. The van der Waals surface area contributed by atoms with E-state index in [1.165, 1.54) is 0 Å².